The zero-order chi connectivity index (χ0) is 26.0. The van der Waals surface area contributed by atoms with Crippen LogP contribution in [-0.2, 0) is 10.0 Å². The molecule has 0 atom stereocenters. The van der Waals surface area contributed by atoms with Gasteiger partial charge in [-0.25, -0.2) is 17.8 Å². The molecule has 1 aliphatic rings. The first-order valence-corrected chi connectivity index (χ1v) is 12.9. The maximum absolute atomic E-state index is 14.1. The highest BCUT2D eigenvalue weighted by atomic mass is 35.5. The van der Waals surface area contributed by atoms with Gasteiger partial charge < -0.3 is 9.80 Å². The summed E-state index contributed by atoms with van der Waals surface area (Å²) in [7, 11) is -0.684. The van der Waals surface area contributed by atoms with Crippen LogP contribution in [0.5, 0.6) is 0 Å². The SMILES string of the molecule is CN(C)C(=O)c1ccc(-c2cnc(N3CCN(S(=O)(=O)c4ccccc4F)CC3)c(C#N)c2)cc1Cl. The van der Waals surface area contributed by atoms with E-state index in [1.54, 1.807) is 44.6 Å². The Bertz CT molecular complexity index is 1460. The molecule has 0 N–H and O–H groups in total. The molecule has 0 spiro atoms. The molecule has 0 radical (unpaired) electrons. The van der Waals surface area contributed by atoms with E-state index in [0.717, 1.165) is 6.07 Å². The number of nitriles is 1. The van der Waals surface area contributed by atoms with Crippen LogP contribution in [0.25, 0.3) is 11.1 Å². The van der Waals surface area contributed by atoms with Gasteiger partial charge in [0.25, 0.3) is 5.91 Å². The van der Waals surface area contributed by atoms with E-state index < -0.39 is 15.8 Å². The van der Waals surface area contributed by atoms with Crippen molar-refractivity contribution in [1.29, 1.82) is 5.26 Å². The second-order valence-corrected chi connectivity index (χ2v) is 10.7. The lowest BCUT2D eigenvalue weighted by Crippen LogP contribution is -2.49. The Hall–Kier alpha value is -3.52. The van der Waals surface area contributed by atoms with Crippen molar-refractivity contribution in [2.75, 3.05) is 45.2 Å². The summed E-state index contributed by atoms with van der Waals surface area (Å²) in [6.07, 6.45) is 1.61. The predicted octanol–water partition coefficient (Wildman–Crippen LogP) is 3.63. The molecule has 2 aromatic carbocycles. The highest BCUT2D eigenvalue weighted by Crippen LogP contribution is 2.30. The van der Waals surface area contributed by atoms with E-state index in [2.05, 4.69) is 11.1 Å². The average Bonchev–Trinajstić information content (AvgIpc) is 2.88. The molecule has 8 nitrogen and oxygen atoms in total. The molecule has 0 saturated carbocycles. The fourth-order valence-corrected chi connectivity index (χ4v) is 5.74. The first-order chi connectivity index (χ1) is 17.1. The van der Waals surface area contributed by atoms with Crippen molar-refractivity contribution in [2.24, 2.45) is 0 Å². The Balaban J connectivity index is 1.53. The van der Waals surface area contributed by atoms with Crippen molar-refractivity contribution >= 4 is 33.3 Å². The van der Waals surface area contributed by atoms with Crippen LogP contribution in [0.2, 0.25) is 5.02 Å². The van der Waals surface area contributed by atoms with Gasteiger partial charge in [0, 0.05) is 52.0 Å². The number of piperazine rings is 1. The topological polar surface area (TPSA) is 97.6 Å². The van der Waals surface area contributed by atoms with Gasteiger partial charge in [-0.2, -0.15) is 9.57 Å². The second kappa shape index (κ2) is 10.2. The van der Waals surface area contributed by atoms with Gasteiger partial charge in [0.2, 0.25) is 10.0 Å². The Morgan fingerprint density at radius 1 is 1.08 bits per heavy atom. The van der Waals surface area contributed by atoms with Crippen LogP contribution in [0.15, 0.2) is 59.6 Å². The average molecular weight is 528 g/mol. The summed E-state index contributed by atoms with van der Waals surface area (Å²) >= 11 is 6.33. The summed E-state index contributed by atoms with van der Waals surface area (Å²) < 4.78 is 41.1. The summed E-state index contributed by atoms with van der Waals surface area (Å²) in [5.41, 5.74) is 2.05. The number of benzene rings is 2. The molecule has 4 rings (SSSR count). The number of anilines is 1. The summed E-state index contributed by atoms with van der Waals surface area (Å²) in [6, 6.07) is 14.2. The lowest BCUT2D eigenvalue weighted by atomic mass is 10.0. The van der Waals surface area contributed by atoms with E-state index in [9.17, 15) is 22.9 Å². The van der Waals surface area contributed by atoms with Crippen LogP contribution in [-0.4, -0.2) is 68.8 Å². The molecule has 3 aromatic rings. The number of amides is 1. The molecule has 1 amide bonds. The summed E-state index contributed by atoms with van der Waals surface area (Å²) in [5.74, 6) is -0.563. The molecule has 1 fully saturated rings. The standard InChI is InChI=1S/C25H23ClFN5O3S/c1-30(2)25(33)20-8-7-17(14-21(20)26)19-13-18(15-28)24(29-16-19)31-9-11-32(12-10-31)36(34,35)23-6-4-3-5-22(23)27/h3-8,13-14,16H,9-12H2,1-2H3. The van der Waals surface area contributed by atoms with Gasteiger partial charge in [0.1, 0.15) is 22.6 Å². The van der Waals surface area contributed by atoms with Gasteiger partial charge in [-0.15, -0.1) is 0 Å². The van der Waals surface area contributed by atoms with E-state index in [-0.39, 0.29) is 23.9 Å². The van der Waals surface area contributed by atoms with Crippen LogP contribution in [0.1, 0.15) is 15.9 Å². The number of sulfonamides is 1. The molecule has 1 aromatic heterocycles. The first kappa shape index (κ1) is 25.6. The summed E-state index contributed by atoms with van der Waals surface area (Å²) in [5, 5.41) is 10.1. The van der Waals surface area contributed by atoms with Gasteiger partial charge in [-0.05, 0) is 35.9 Å². The van der Waals surface area contributed by atoms with Crippen LogP contribution in [0, 0.1) is 17.1 Å². The number of aromatic nitrogens is 1. The van der Waals surface area contributed by atoms with Crippen molar-refractivity contribution in [1.82, 2.24) is 14.2 Å². The maximum Gasteiger partial charge on any atom is 0.254 e. The molecule has 11 heteroatoms. The number of hydrogen-bond donors (Lipinski definition) is 0. The van der Waals surface area contributed by atoms with Crippen molar-refractivity contribution in [2.45, 2.75) is 4.90 Å². The van der Waals surface area contributed by atoms with Crippen LogP contribution in [0.3, 0.4) is 0 Å². The van der Waals surface area contributed by atoms with Crippen molar-refractivity contribution in [3.8, 4) is 17.2 Å². The molecular weight excluding hydrogens is 505 g/mol. The smallest absolute Gasteiger partial charge is 0.254 e. The van der Waals surface area contributed by atoms with Gasteiger partial charge in [-0.3, -0.25) is 4.79 Å². The Labute approximate surface area is 214 Å². The van der Waals surface area contributed by atoms with E-state index in [0.29, 0.717) is 46.2 Å². The van der Waals surface area contributed by atoms with Crippen molar-refractivity contribution < 1.29 is 17.6 Å². The molecule has 0 unspecified atom stereocenters. The molecule has 0 bridgehead atoms. The van der Waals surface area contributed by atoms with Crippen LogP contribution >= 0.6 is 11.6 Å². The Kier molecular flexibility index (Phi) is 7.26. The van der Waals surface area contributed by atoms with E-state index in [1.165, 1.54) is 27.4 Å². The van der Waals surface area contributed by atoms with Crippen LogP contribution < -0.4 is 4.90 Å². The fraction of sp³-hybridized carbons (Fsp3) is 0.240. The summed E-state index contributed by atoms with van der Waals surface area (Å²) in [4.78, 5) is 19.6. The Morgan fingerprint density at radius 2 is 1.78 bits per heavy atom. The number of carbonyl (C=O) groups excluding carboxylic acids is 1. The van der Waals surface area contributed by atoms with E-state index in [1.807, 2.05) is 4.90 Å². The largest absolute Gasteiger partial charge is 0.353 e. The fourth-order valence-electron chi connectivity index (χ4n) is 3.99. The molecule has 1 saturated heterocycles. The van der Waals surface area contributed by atoms with Gasteiger partial charge >= 0.3 is 0 Å². The monoisotopic (exact) mass is 527 g/mol. The third-order valence-corrected chi connectivity index (χ3v) is 8.16. The zero-order valence-electron chi connectivity index (χ0n) is 19.6. The maximum atomic E-state index is 14.1. The minimum absolute atomic E-state index is 0.127. The number of halogens is 2. The third kappa shape index (κ3) is 4.91. The number of pyridine rings is 1. The third-order valence-electron chi connectivity index (χ3n) is 5.92. The summed E-state index contributed by atoms with van der Waals surface area (Å²) in [6.45, 7) is 0.841. The van der Waals surface area contributed by atoms with Crippen LogP contribution in [0.4, 0.5) is 10.2 Å². The highest BCUT2D eigenvalue weighted by molar-refractivity contribution is 7.89. The zero-order valence-corrected chi connectivity index (χ0v) is 21.2. The normalized spacial score (nSPS) is 14.4. The van der Waals surface area contributed by atoms with E-state index in [4.69, 9.17) is 11.6 Å². The number of carbonyl (C=O) groups is 1. The van der Waals surface area contributed by atoms with E-state index >= 15 is 0 Å². The lowest BCUT2D eigenvalue weighted by Gasteiger charge is -2.35. The second-order valence-electron chi connectivity index (χ2n) is 8.42. The number of rotatable bonds is 5. The number of nitrogens with zero attached hydrogens (tertiary/aromatic N) is 5. The predicted molar refractivity (Wildman–Crippen MR) is 135 cm³/mol. The van der Waals surface area contributed by atoms with Crippen molar-refractivity contribution in [3.63, 3.8) is 0 Å². The molecule has 36 heavy (non-hydrogen) atoms. The number of hydrogen-bond acceptors (Lipinski definition) is 6. The van der Waals surface area contributed by atoms with Gasteiger partial charge in [-0.1, -0.05) is 29.8 Å². The molecule has 1 aliphatic heterocycles. The molecule has 186 valence electrons. The van der Waals surface area contributed by atoms with Crippen molar-refractivity contribution in [3.05, 3.63) is 76.7 Å². The lowest BCUT2D eigenvalue weighted by molar-refractivity contribution is 0.0828. The first-order valence-electron chi connectivity index (χ1n) is 11.0. The highest BCUT2D eigenvalue weighted by Gasteiger charge is 2.31. The van der Waals surface area contributed by atoms with Gasteiger partial charge in [0.05, 0.1) is 16.1 Å². The molecular formula is C25H23ClFN5O3S. The minimum atomic E-state index is -3.97. The van der Waals surface area contributed by atoms with Gasteiger partial charge in [0.15, 0.2) is 0 Å². The molecule has 0 aliphatic carbocycles. The Morgan fingerprint density at radius 3 is 2.39 bits per heavy atom. The molecule has 2 heterocycles. The quantitative estimate of drug-likeness (QED) is 0.502. The minimum Gasteiger partial charge on any atom is -0.353 e.